The third kappa shape index (κ3) is 4.76. The van der Waals surface area contributed by atoms with Crippen LogP contribution in [0.15, 0.2) is 12.1 Å². The maximum absolute atomic E-state index is 10.3. The molecule has 0 amide bonds. The second kappa shape index (κ2) is 6.59. The van der Waals surface area contributed by atoms with Crippen molar-refractivity contribution in [2.45, 2.75) is 45.4 Å². The van der Waals surface area contributed by atoms with E-state index in [0.29, 0.717) is 16.7 Å². The summed E-state index contributed by atoms with van der Waals surface area (Å²) in [5, 5.41) is 11.3. The topological polar surface area (TPSA) is 29.5 Å². The fourth-order valence-corrected chi connectivity index (χ4v) is 2.65. The van der Waals surface area contributed by atoms with E-state index in [2.05, 4.69) is 20.8 Å². The van der Waals surface area contributed by atoms with Gasteiger partial charge in [-0.25, -0.2) is 0 Å². The maximum Gasteiger partial charge on any atom is 0.205 e. The lowest BCUT2D eigenvalue weighted by Crippen LogP contribution is -2.20. The highest BCUT2D eigenvalue weighted by Gasteiger charge is 2.24. The summed E-state index contributed by atoms with van der Waals surface area (Å²) in [5.74, 6) is 0. The van der Waals surface area contributed by atoms with Gasteiger partial charge in [-0.05, 0) is 41.8 Å². The first-order valence-corrected chi connectivity index (χ1v) is 9.39. The molecule has 1 unspecified atom stereocenters. The van der Waals surface area contributed by atoms with Gasteiger partial charge in [-0.15, -0.1) is 0 Å². The van der Waals surface area contributed by atoms with Crippen LogP contribution in [0.4, 0.5) is 0 Å². The molecule has 1 rings (SSSR count). The van der Waals surface area contributed by atoms with Crippen molar-refractivity contribution >= 4 is 32.2 Å². The number of aliphatic hydroxyl groups is 1. The number of halogens is 2. The molecule has 0 spiro atoms. The van der Waals surface area contributed by atoms with Crippen molar-refractivity contribution in [3.63, 3.8) is 0 Å². The van der Waals surface area contributed by atoms with Crippen LogP contribution in [0.5, 0.6) is 0 Å². The Kier molecular flexibility index (Phi) is 5.90. The molecule has 19 heavy (non-hydrogen) atoms. The van der Waals surface area contributed by atoms with Gasteiger partial charge in [0.1, 0.15) is 6.10 Å². The summed E-state index contributed by atoms with van der Waals surface area (Å²) >= 11 is 12.1. The zero-order valence-corrected chi connectivity index (χ0v) is 14.6. The van der Waals surface area contributed by atoms with E-state index in [-0.39, 0.29) is 5.41 Å². The molecule has 107 valence electrons. The van der Waals surface area contributed by atoms with Crippen LogP contribution in [0.3, 0.4) is 0 Å². The van der Waals surface area contributed by atoms with Crippen LogP contribution in [-0.4, -0.2) is 20.8 Å². The van der Waals surface area contributed by atoms with Crippen LogP contribution >= 0.6 is 23.2 Å². The van der Waals surface area contributed by atoms with Gasteiger partial charge in [-0.3, -0.25) is 0 Å². The molecular weight excluding hydrogens is 299 g/mol. The molecule has 0 aromatic heterocycles. The Morgan fingerprint density at radius 3 is 2.21 bits per heavy atom. The molecule has 0 fully saturated rings. The van der Waals surface area contributed by atoms with Crippen molar-refractivity contribution in [2.24, 2.45) is 0 Å². The van der Waals surface area contributed by atoms with Crippen LogP contribution < -0.4 is 0 Å². The monoisotopic (exact) mass is 319 g/mol. The molecule has 1 aromatic rings. The summed E-state index contributed by atoms with van der Waals surface area (Å²) in [5.41, 5.74) is 1.68. The molecule has 1 radical (unpaired) electrons. The summed E-state index contributed by atoms with van der Waals surface area (Å²) in [6.07, 6.45) is -0.677. The highest BCUT2D eigenvalue weighted by molar-refractivity contribution is 6.48. The first-order chi connectivity index (χ1) is 8.62. The number of hydrogen-bond donors (Lipinski definition) is 1. The molecule has 1 atom stereocenters. The standard InChI is InChI=1S/C14H21Cl2O2Si/c1-14(2,3)10-7-12(16)11(15)6-9(10)13(17)8-18-19(4)5/h6-7,13,17H,8H2,1-5H3. The normalized spacial score (nSPS) is 13.9. The van der Waals surface area contributed by atoms with E-state index >= 15 is 0 Å². The predicted octanol–water partition coefficient (Wildman–Crippen LogP) is 4.59. The summed E-state index contributed by atoms with van der Waals surface area (Å²) < 4.78 is 5.57. The second-order valence-electron chi connectivity index (χ2n) is 5.84. The molecule has 0 heterocycles. The van der Waals surface area contributed by atoms with E-state index in [0.717, 1.165) is 11.1 Å². The fourth-order valence-electron chi connectivity index (χ4n) is 1.82. The predicted molar refractivity (Wildman–Crippen MR) is 83.6 cm³/mol. The Morgan fingerprint density at radius 1 is 1.21 bits per heavy atom. The van der Waals surface area contributed by atoms with E-state index in [9.17, 15) is 5.11 Å². The Balaban J connectivity index is 3.14. The summed E-state index contributed by atoms with van der Waals surface area (Å²) in [6, 6.07) is 3.59. The Morgan fingerprint density at radius 2 is 1.74 bits per heavy atom. The van der Waals surface area contributed by atoms with Crippen molar-refractivity contribution in [2.75, 3.05) is 6.61 Å². The second-order valence-corrected chi connectivity index (χ2v) is 8.76. The lowest BCUT2D eigenvalue weighted by Gasteiger charge is -2.26. The van der Waals surface area contributed by atoms with Crippen LogP contribution in [0.2, 0.25) is 23.1 Å². The van der Waals surface area contributed by atoms with Gasteiger partial charge in [0.05, 0.1) is 16.7 Å². The van der Waals surface area contributed by atoms with Gasteiger partial charge < -0.3 is 9.53 Å². The zero-order valence-electron chi connectivity index (χ0n) is 12.1. The van der Waals surface area contributed by atoms with Gasteiger partial charge in [-0.2, -0.15) is 0 Å². The van der Waals surface area contributed by atoms with Crippen molar-refractivity contribution in [3.05, 3.63) is 33.3 Å². The lowest BCUT2D eigenvalue weighted by molar-refractivity contribution is 0.106. The first kappa shape index (κ1) is 17.0. The molecule has 1 N–H and O–H groups in total. The van der Waals surface area contributed by atoms with Crippen molar-refractivity contribution < 1.29 is 9.53 Å². The molecular formula is C14H21Cl2O2Si. The average molecular weight is 320 g/mol. The minimum absolute atomic E-state index is 0.114. The van der Waals surface area contributed by atoms with Crippen LogP contribution in [0, 0.1) is 0 Å². The number of rotatable bonds is 4. The zero-order chi connectivity index (χ0) is 14.8. The average Bonchev–Trinajstić information content (AvgIpc) is 2.27. The molecule has 0 saturated heterocycles. The largest absolute Gasteiger partial charge is 0.414 e. The van der Waals surface area contributed by atoms with E-state index in [1.807, 2.05) is 19.2 Å². The first-order valence-electron chi connectivity index (χ1n) is 6.23. The summed E-state index contributed by atoms with van der Waals surface area (Å²) in [4.78, 5) is 0. The quantitative estimate of drug-likeness (QED) is 0.822. The highest BCUT2D eigenvalue weighted by atomic mass is 35.5. The van der Waals surface area contributed by atoms with Gasteiger partial charge in [0.15, 0.2) is 0 Å². The number of benzene rings is 1. The highest BCUT2D eigenvalue weighted by Crippen LogP contribution is 2.36. The van der Waals surface area contributed by atoms with E-state index < -0.39 is 15.1 Å². The molecule has 5 heteroatoms. The van der Waals surface area contributed by atoms with Crippen molar-refractivity contribution in [1.82, 2.24) is 0 Å². The summed E-state index contributed by atoms with van der Waals surface area (Å²) in [7, 11) is -0.822. The third-order valence-electron chi connectivity index (χ3n) is 2.79. The van der Waals surface area contributed by atoms with Crippen molar-refractivity contribution in [1.29, 1.82) is 0 Å². The molecule has 0 saturated carbocycles. The molecule has 1 aromatic carbocycles. The van der Waals surface area contributed by atoms with Crippen molar-refractivity contribution in [3.8, 4) is 0 Å². The Labute approximate surface area is 127 Å². The van der Waals surface area contributed by atoms with E-state index in [4.69, 9.17) is 27.6 Å². The van der Waals surface area contributed by atoms with Gasteiger partial charge in [0.25, 0.3) is 0 Å². The molecule has 0 bridgehead atoms. The van der Waals surface area contributed by atoms with Crippen LogP contribution in [0.25, 0.3) is 0 Å². The summed E-state index contributed by atoms with van der Waals surface area (Å²) in [6.45, 7) is 10.6. The van der Waals surface area contributed by atoms with Gasteiger partial charge in [0.2, 0.25) is 9.04 Å². The van der Waals surface area contributed by atoms with Gasteiger partial charge >= 0.3 is 0 Å². The van der Waals surface area contributed by atoms with E-state index in [1.54, 1.807) is 6.07 Å². The van der Waals surface area contributed by atoms with Crippen LogP contribution in [-0.2, 0) is 9.84 Å². The molecule has 0 aliphatic rings. The number of aliphatic hydroxyl groups excluding tert-OH is 1. The molecule has 0 aliphatic heterocycles. The minimum atomic E-state index is -0.822. The third-order valence-corrected chi connectivity index (χ3v) is 4.26. The molecule has 2 nitrogen and oxygen atoms in total. The Bertz CT molecular complexity index is 442. The van der Waals surface area contributed by atoms with Gasteiger partial charge in [0, 0.05) is 0 Å². The molecule has 0 aliphatic carbocycles. The Hall–Kier alpha value is -0.0631. The van der Waals surface area contributed by atoms with Gasteiger partial charge in [-0.1, -0.05) is 44.0 Å². The lowest BCUT2D eigenvalue weighted by atomic mass is 9.82. The minimum Gasteiger partial charge on any atom is -0.414 e. The number of hydrogen-bond acceptors (Lipinski definition) is 2. The fraction of sp³-hybridized carbons (Fsp3) is 0.571. The smallest absolute Gasteiger partial charge is 0.205 e. The SMILES string of the molecule is C[Si](C)OCC(O)c1cc(Cl)c(Cl)cc1C(C)(C)C. The maximum atomic E-state index is 10.3. The van der Waals surface area contributed by atoms with Crippen LogP contribution in [0.1, 0.15) is 38.0 Å². The van der Waals surface area contributed by atoms with E-state index in [1.165, 1.54) is 0 Å².